The molecule has 9 nitrogen and oxygen atoms in total. The molecule has 0 saturated heterocycles. The summed E-state index contributed by atoms with van der Waals surface area (Å²) in [6.07, 6.45) is 8.19. The number of hydrogen-bond acceptors (Lipinski definition) is 5. The first-order chi connectivity index (χ1) is 16.3. The van der Waals surface area contributed by atoms with Crippen molar-refractivity contribution in [1.82, 2.24) is 28.7 Å². The minimum Gasteiger partial charge on any atom is -0.350 e. The molecule has 0 aliphatic carbocycles. The Morgan fingerprint density at radius 3 is 2.76 bits per heavy atom. The van der Waals surface area contributed by atoms with E-state index in [1.165, 1.54) is 31.2 Å². The Balaban J connectivity index is 1.46. The number of nitrogens with one attached hydrogen (secondary N) is 1. The summed E-state index contributed by atoms with van der Waals surface area (Å²) in [5, 5.41) is 2.98. The van der Waals surface area contributed by atoms with Crippen molar-refractivity contribution in [1.29, 1.82) is 0 Å². The molecule has 184 valence electrons. The first kappa shape index (κ1) is 24.4. The topological polar surface area (TPSA) is 102 Å². The van der Waals surface area contributed by atoms with E-state index in [2.05, 4.69) is 26.4 Å². The number of fused-ring (bicyclic) bond motifs is 2. The van der Waals surface area contributed by atoms with Crippen molar-refractivity contribution < 1.29 is 13.2 Å². The van der Waals surface area contributed by atoms with Crippen LogP contribution in [-0.4, -0.2) is 51.8 Å². The van der Waals surface area contributed by atoms with Gasteiger partial charge in [-0.25, -0.2) is 22.7 Å². The number of aryl methyl sites for hydroxylation is 4. The molecule has 1 amide bonds. The molecule has 0 saturated carbocycles. The smallest absolute Gasteiger partial charge is 0.242 e. The van der Waals surface area contributed by atoms with Gasteiger partial charge in [0.2, 0.25) is 15.9 Å². The molecule has 0 unspecified atom stereocenters. The molecule has 4 rings (SSSR count). The fourth-order valence-electron chi connectivity index (χ4n) is 4.35. The molecule has 3 heterocycles. The van der Waals surface area contributed by atoms with Gasteiger partial charge in [0.1, 0.15) is 11.6 Å². The van der Waals surface area contributed by atoms with Crippen LogP contribution in [0.5, 0.6) is 0 Å². The number of nitrogens with zero attached hydrogens (tertiary/aromatic N) is 5. The van der Waals surface area contributed by atoms with E-state index in [9.17, 15) is 13.2 Å². The molecule has 10 heteroatoms. The molecule has 1 aromatic carbocycles. The number of amides is 1. The van der Waals surface area contributed by atoms with Gasteiger partial charge < -0.3 is 14.5 Å². The Morgan fingerprint density at radius 2 is 2.03 bits per heavy atom. The number of carbonyl (C=O) groups is 1. The summed E-state index contributed by atoms with van der Waals surface area (Å²) in [7, 11) is -0.505. The summed E-state index contributed by atoms with van der Waals surface area (Å²) in [4.78, 5) is 22.1. The second-order valence-corrected chi connectivity index (χ2v) is 11.2. The van der Waals surface area contributed by atoms with E-state index in [4.69, 9.17) is 4.98 Å². The van der Waals surface area contributed by atoms with E-state index in [0.29, 0.717) is 24.9 Å². The Morgan fingerprint density at radius 1 is 1.21 bits per heavy atom. The molecule has 1 aliphatic heterocycles. The minimum absolute atomic E-state index is 0.0454. The van der Waals surface area contributed by atoms with Gasteiger partial charge in [-0.05, 0) is 37.5 Å². The van der Waals surface area contributed by atoms with Gasteiger partial charge in [-0.1, -0.05) is 13.3 Å². The third-order valence-electron chi connectivity index (χ3n) is 6.31. The lowest BCUT2D eigenvalue weighted by Gasteiger charge is -2.11. The van der Waals surface area contributed by atoms with Crippen LogP contribution in [0.4, 0.5) is 0 Å². The highest BCUT2D eigenvalue weighted by atomic mass is 32.2. The zero-order valence-electron chi connectivity index (χ0n) is 20.2. The molecule has 0 radical (unpaired) electrons. The Hall–Kier alpha value is -2.72. The number of aromatic nitrogens is 4. The van der Waals surface area contributed by atoms with E-state index >= 15 is 0 Å². The standard InChI is InChI=1S/C24H34N6O3S/c1-4-5-14-30-21-10-9-19(34(32,33)28(2)3)15-20(21)27-23(30)11-12-24(31)25-16-18-17-29-13-7-6-8-22(29)26-18/h9-10,15,17H,4-8,11-14,16H2,1-3H3,(H,25,31). The summed E-state index contributed by atoms with van der Waals surface area (Å²) in [5.74, 6) is 1.86. The lowest BCUT2D eigenvalue weighted by Crippen LogP contribution is -2.23. The normalized spacial score (nSPS) is 14.0. The van der Waals surface area contributed by atoms with Crippen LogP contribution in [0, 0.1) is 0 Å². The number of imidazole rings is 2. The van der Waals surface area contributed by atoms with Crippen LogP contribution in [-0.2, 0) is 47.3 Å². The maximum Gasteiger partial charge on any atom is 0.242 e. The second-order valence-electron chi connectivity index (χ2n) is 9.05. The van der Waals surface area contributed by atoms with Gasteiger partial charge in [0.05, 0.1) is 28.2 Å². The number of rotatable bonds is 10. The predicted octanol–water partition coefficient (Wildman–Crippen LogP) is 2.87. The van der Waals surface area contributed by atoms with Crippen molar-refractivity contribution in [2.24, 2.45) is 0 Å². The van der Waals surface area contributed by atoms with E-state index < -0.39 is 10.0 Å². The number of hydrogen-bond donors (Lipinski definition) is 1. The molecule has 0 atom stereocenters. The molecular formula is C24H34N6O3S. The van der Waals surface area contributed by atoms with Crippen molar-refractivity contribution >= 4 is 27.0 Å². The number of carbonyl (C=O) groups excluding carboxylic acids is 1. The number of sulfonamides is 1. The highest BCUT2D eigenvalue weighted by Crippen LogP contribution is 2.23. The number of benzene rings is 1. The Labute approximate surface area is 201 Å². The fraction of sp³-hybridized carbons (Fsp3) is 0.542. The van der Waals surface area contributed by atoms with Crippen molar-refractivity contribution in [2.75, 3.05) is 14.1 Å². The monoisotopic (exact) mass is 486 g/mol. The van der Waals surface area contributed by atoms with Gasteiger partial charge in [0.15, 0.2) is 0 Å². The first-order valence-electron chi connectivity index (χ1n) is 12.0. The van der Waals surface area contributed by atoms with E-state index in [1.807, 2.05) is 12.3 Å². The maximum absolute atomic E-state index is 12.6. The molecular weight excluding hydrogens is 452 g/mol. The molecule has 3 aromatic rings. The summed E-state index contributed by atoms with van der Waals surface area (Å²) < 4.78 is 30.6. The SMILES string of the molecule is CCCCn1c(CCC(=O)NCc2cn3c(n2)CCCC3)nc2cc(S(=O)(=O)N(C)C)ccc21. The van der Waals surface area contributed by atoms with Gasteiger partial charge in [-0.15, -0.1) is 0 Å². The summed E-state index contributed by atoms with van der Waals surface area (Å²) in [6.45, 7) is 4.34. The highest BCUT2D eigenvalue weighted by Gasteiger charge is 2.20. The molecule has 1 N–H and O–H groups in total. The maximum atomic E-state index is 12.6. The van der Waals surface area contributed by atoms with Crippen LogP contribution >= 0.6 is 0 Å². The second kappa shape index (κ2) is 10.3. The van der Waals surface area contributed by atoms with Gasteiger partial charge in [0.25, 0.3) is 0 Å². The quantitative estimate of drug-likeness (QED) is 0.475. The lowest BCUT2D eigenvalue weighted by molar-refractivity contribution is -0.121. The van der Waals surface area contributed by atoms with Crippen LogP contribution < -0.4 is 5.32 Å². The van der Waals surface area contributed by atoms with Gasteiger partial charge >= 0.3 is 0 Å². The van der Waals surface area contributed by atoms with Crippen molar-refractivity contribution in [3.05, 3.63) is 41.7 Å². The summed E-state index contributed by atoms with van der Waals surface area (Å²) in [6, 6.07) is 5.07. The highest BCUT2D eigenvalue weighted by molar-refractivity contribution is 7.89. The van der Waals surface area contributed by atoms with Gasteiger partial charge in [-0.2, -0.15) is 0 Å². The van der Waals surface area contributed by atoms with Crippen LogP contribution in [0.15, 0.2) is 29.3 Å². The van der Waals surface area contributed by atoms with Crippen LogP contribution in [0.3, 0.4) is 0 Å². The third kappa shape index (κ3) is 5.17. The van der Waals surface area contributed by atoms with Gasteiger partial charge in [0, 0.05) is 52.6 Å². The van der Waals surface area contributed by atoms with Crippen molar-refractivity contribution in [2.45, 2.75) is 76.4 Å². The average Bonchev–Trinajstić information content (AvgIpc) is 3.40. The van der Waals surface area contributed by atoms with E-state index in [1.54, 1.807) is 12.1 Å². The largest absolute Gasteiger partial charge is 0.350 e. The average molecular weight is 487 g/mol. The van der Waals surface area contributed by atoms with Crippen LogP contribution in [0.1, 0.15) is 56.4 Å². The molecule has 1 aliphatic rings. The fourth-order valence-corrected chi connectivity index (χ4v) is 5.27. The zero-order chi connectivity index (χ0) is 24.3. The Kier molecular flexibility index (Phi) is 7.37. The zero-order valence-corrected chi connectivity index (χ0v) is 21.1. The van der Waals surface area contributed by atoms with Crippen molar-refractivity contribution in [3.8, 4) is 0 Å². The lowest BCUT2D eigenvalue weighted by atomic mass is 10.2. The summed E-state index contributed by atoms with van der Waals surface area (Å²) >= 11 is 0. The predicted molar refractivity (Wildman–Crippen MR) is 131 cm³/mol. The van der Waals surface area contributed by atoms with Crippen LogP contribution in [0.2, 0.25) is 0 Å². The molecule has 34 heavy (non-hydrogen) atoms. The number of unbranched alkanes of at least 4 members (excludes halogenated alkanes) is 1. The Bertz CT molecular complexity index is 1250. The molecule has 0 bridgehead atoms. The summed E-state index contributed by atoms with van der Waals surface area (Å²) in [5.41, 5.74) is 2.43. The minimum atomic E-state index is -3.54. The molecule has 0 fully saturated rings. The van der Waals surface area contributed by atoms with E-state index in [0.717, 1.165) is 55.2 Å². The molecule has 0 spiro atoms. The molecule has 2 aromatic heterocycles. The third-order valence-corrected chi connectivity index (χ3v) is 8.12. The van der Waals surface area contributed by atoms with Crippen molar-refractivity contribution in [3.63, 3.8) is 0 Å². The van der Waals surface area contributed by atoms with E-state index in [-0.39, 0.29) is 10.8 Å². The van der Waals surface area contributed by atoms with Gasteiger partial charge in [-0.3, -0.25) is 4.79 Å². The first-order valence-corrected chi connectivity index (χ1v) is 13.5. The van der Waals surface area contributed by atoms with Crippen LogP contribution in [0.25, 0.3) is 11.0 Å².